The monoisotopic (exact) mass is 631 g/mol. The Balaban J connectivity index is 0.988. The van der Waals surface area contributed by atoms with Crippen LogP contribution in [0.5, 0.6) is 0 Å². The molecule has 2 N–H and O–H groups in total. The standard InChI is InChI=1S/C37H33N3O5S/c1-19-18-46-34-30(42)15-31-37(33(19)34)16-24(37)17-40(31)35(44)28-14-23-9-20(5-7-26(23)39-28)11-29(41)27-13-22-10-21(6-8-25(22)38-27)12-32(43)45-36(2,3)4/h5-10,13-15,18,24,38-39H,11-12,16-17H2,1-4H3/t24-,37+/m0/s1. The van der Waals surface area contributed by atoms with Crippen LogP contribution >= 0.6 is 11.3 Å². The number of carbonyl (C=O) groups excluding carboxylic acids is 4. The van der Waals surface area contributed by atoms with Crippen LogP contribution in [0.4, 0.5) is 0 Å². The molecule has 8 nitrogen and oxygen atoms in total. The number of ketones is 2. The van der Waals surface area contributed by atoms with Gasteiger partial charge in [-0.1, -0.05) is 12.1 Å². The first-order valence-electron chi connectivity index (χ1n) is 15.5. The maximum Gasteiger partial charge on any atom is 0.310 e. The van der Waals surface area contributed by atoms with E-state index in [1.165, 1.54) is 11.3 Å². The average Bonchev–Trinajstić information content (AvgIpc) is 3.43. The number of likely N-dealkylation sites (tertiary alicyclic amines) is 1. The molecule has 2 atom stereocenters. The molecular weight excluding hydrogens is 598 g/mol. The van der Waals surface area contributed by atoms with Crippen molar-refractivity contribution in [3.63, 3.8) is 0 Å². The minimum atomic E-state index is -0.546. The summed E-state index contributed by atoms with van der Waals surface area (Å²) in [5.41, 5.74) is 6.60. The van der Waals surface area contributed by atoms with E-state index in [1.54, 1.807) is 11.0 Å². The molecule has 2 aliphatic carbocycles. The number of fused-ring (bicyclic) bond motifs is 3. The van der Waals surface area contributed by atoms with Gasteiger partial charge in [0, 0.05) is 52.0 Å². The number of aromatic amines is 2. The smallest absolute Gasteiger partial charge is 0.310 e. The number of nitrogens with zero attached hydrogens (tertiary/aromatic N) is 1. The van der Waals surface area contributed by atoms with Crippen molar-refractivity contribution in [3.05, 3.63) is 104 Å². The summed E-state index contributed by atoms with van der Waals surface area (Å²) in [5, 5.41) is 3.76. The summed E-state index contributed by atoms with van der Waals surface area (Å²) in [5.74, 6) is -0.167. The van der Waals surface area contributed by atoms with Crippen molar-refractivity contribution in [2.75, 3.05) is 6.54 Å². The molecule has 3 aromatic heterocycles. The summed E-state index contributed by atoms with van der Waals surface area (Å²) in [7, 11) is 0. The number of thiophene rings is 1. The zero-order valence-electron chi connectivity index (χ0n) is 26.1. The second-order valence-electron chi connectivity index (χ2n) is 13.9. The molecule has 0 radical (unpaired) electrons. The van der Waals surface area contributed by atoms with Gasteiger partial charge in [0.2, 0.25) is 0 Å². The first-order valence-corrected chi connectivity index (χ1v) is 16.4. The number of hydrogen-bond acceptors (Lipinski definition) is 6. The quantitative estimate of drug-likeness (QED) is 0.158. The van der Waals surface area contributed by atoms with Gasteiger partial charge in [0.15, 0.2) is 11.6 Å². The van der Waals surface area contributed by atoms with E-state index in [1.807, 2.05) is 69.3 Å². The molecule has 1 amide bonds. The Morgan fingerprint density at radius 3 is 2.30 bits per heavy atom. The molecule has 232 valence electrons. The highest BCUT2D eigenvalue weighted by Gasteiger charge is 2.68. The Hall–Kier alpha value is -4.76. The zero-order chi connectivity index (χ0) is 32.1. The molecule has 0 unspecified atom stereocenters. The van der Waals surface area contributed by atoms with Crippen molar-refractivity contribution < 1.29 is 23.9 Å². The molecule has 1 aliphatic heterocycles. The van der Waals surface area contributed by atoms with E-state index in [0.29, 0.717) is 23.9 Å². The van der Waals surface area contributed by atoms with Crippen LogP contribution in [0.25, 0.3) is 21.8 Å². The lowest BCUT2D eigenvalue weighted by Gasteiger charge is -2.28. The van der Waals surface area contributed by atoms with Gasteiger partial charge in [0.05, 0.1) is 17.0 Å². The number of benzene rings is 2. The number of nitrogens with one attached hydrogen (secondary N) is 2. The normalized spacial score (nSPS) is 20.0. The summed E-state index contributed by atoms with van der Waals surface area (Å²) < 4.78 is 5.44. The summed E-state index contributed by atoms with van der Waals surface area (Å²) in [6.45, 7) is 8.19. The van der Waals surface area contributed by atoms with Crippen LogP contribution in [0, 0.1) is 12.8 Å². The fourth-order valence-corrected chi connectivity index (χ4v) is 8.49. The minimum Gasteiger partial charge on any atom is -0.460 e. The second-order valence-corrected chi connectivity index (χ2v) is 14.8. The van der Waals surface area contributed by atoms with Crippen LogP contribution in [0.2, 0.25) is 0 Å². The van der Waals surface area contributed by atoms with E-state index >= 15 is 0 Å². The van der Waals surface area contributed by atoms with Crippen LogP contribution in [0.1, 0.15) is 80.1 Å². The van der Waals surface area contributed by atoms with E-state index in [9.17, 15) is 19.2 Å². The fourth-order valence-electron chi connectivity index (χ4n) is 7.45. The molecule has 1 saturated carbocycles. The van der Waals surface area contributed by atoms with Gasteiger partial charge in [-0.15, -0.1) is 11.3 Å². The number of amides is 1. The number of piperidine rings is 1. The van der Waals surface area contributed by atoms with E-state index in [-0.39, 0.29) is 41.7 Å². The molecular formula is C37H33N3O5S. The molecule has 5 aromatic rings. The highest BCUT2D eigenvalue weighted by molar-refractivity contribution is 7.12. The van der Waals surface area contributed by atoms with Crippen LogP contribution in [0.3, 0.4) is 0 Å². The number of carbonyl (C=O) groups is 4. The third-order valence-electron chi connectivity index (χ3n) is 9.45. The number of Topliss-reactive ketones (excluding diaryl/α,β-unsaturated/α-hetero) is 1. The lowest BCUT2D eigenvalue weighted by atomic mass is 9.84. The summed E-state index contributed by atoms with van der Waals surface area (Å²) in [6.07, 6.45) is 3.01. The van der Waals surface area contributed by atoms with Crippen molar-refractivity contribution in [3.8, 4) is 0 Å². The molecule has 1 saturated heterocycles. The van der Waals surface area contributed by atoms with Crippen LogP contribution in [0.15, 0.2) is 65.7 Å². The third-order valence-corrected chi connectivity index (χ3v) is 10.6. The molecule has 2 fully saturated rings. The molecule has 1 spiro atoms. The van der Waals surface area contributed by atoms with Crippen molar-refractivity contribution in [1.82, 2.24) is 14.9 Å². The number of H-pyrrole nitrogens is 2. The predicted molar refractivity (Wildman–Crippen MR) is 176 cm³/mol. The summed E-state index contributed by atoms with van der Waals surface area (Å²) in [6, 6.07) is 15.0. The van der Waals surface area contributed by atoms with Crippen LogP contribution in [-0.2, 0) is 27.8 Å². The molecule has 8 rings (SSSR count). The Kier molecular flexibility index (Phi) is 6.16. The summed E-state index contributed by atoms with van der Waals surface area (Å²) in [4.78, 5) is 61.5. The lowest BCUT2D eigenvalue weighted by molar-refractivity contribution is -0.153. The number of hydrogen-bond donors (Lipinski definition) is 2. The van der Waals surface area contributed by atoms with Gasteiger partial charge in [-0.2, -0.15) is 0 Å². The largest absolute Gasteiger partial charge is 0.460 e. The molecule has 4 heterocycles. The Morgan fingerprint density at radius 2 is 1.61 bits per heavy atom. The van der Waals surface area contributed by atoms with E-state index < -0.39 is 5.60 Å². The van der Waals surface area contributed by atoms with Gasteiger partial charge in [-0.3, -0.25) is 19.2 Å². The number of ether oxygens (including phenoxy) is 1. The molecule has 2 aromatic carbocycles. The van der Waals surface area contributed by atoms with Crippen molar-refractivity contribution in [1.29, 1.82) is 0 Å². The number of aryl methyl sites for hydroxylation is 1. The highest BCUT2D eigenvalue weighted by atomic mass is 32.1. The van der Waals surface area contributed by atoms with Crippen LogP contribution < -0.4 is 0 Å². The molecule has 3 aliphatic rings. The number of aromatic nitrogens is 2. The SMILES string of the molecule is Cc1csc2c1[C@]13C[C@H]1CN(C(=O)c1cc4cc(CC(=O)c5cc6cc(CC(=O)OC(C)(C)C)ccc6[nH]5)ccc4[nH]1)C3=CC2=O. The fraction of sp³-hybridized carbons (Fsp3) is 0.297. The zero-order valence-corrected chi connectivity index (χ0v) is 26.9. The van der Waals surface area contributed by atoms with Crippen molar-refractivity contribution in [2.45, 2.75) is 58.0 Å². The Labute approximate surface area is 269 Å². The maximum absolute atomic E-state index is 13.8. The minimum absolute atomic E-state index is 0.0127. The summed E-state index contributed by atoms with van der Waals surface area (Å²) >= 11 is 1.51. The average molecular weight is 632 g/mol. The first-order chi connectivity index (χ1) is 21.9. The van der Waals surface area contributed by atoms with Crippen molar-refractivity contribution >= 4 is 56.6 Å². The number of esters is 1. The highest BCUT2D eigenvalue weighted by Crippen LogP contribution is 2.68. The predicted octanol–water partition coefficient (Wildman–Crippen LogP) is 6.82. The Morgan fingerprint density at radius 1 is 0.957 bits per heavy atom. The van der Waals surface area contributed by atoms with Gasteiger partial charge in [-0.25, -0.2) is 0 Å². The van der Waals surface area contributed by atoms with Crippen molar-refractivity contribution in [2.24, 2.45) is 5.92 Å². The topological polar surface area (TPSA) is 112 Å². The van der Waals surface area contributed by atoms with E-state index in [2.05, 4.69) is 22.3 Å². The van der Waals surface area contributed by atoms with Gasteiger partial charge >= 0.3 is 5.97 Å². The Bertz CT molecular complexity index is 2190. The maximum atomic E-state index is 13.8. The first kappa shape index (κ1) is 28.7. The lowest BCUT2D eigenvalue weighted by Crippen LogP contribution is -2.33. The third kappa shape index (κ3) is 4.55. The van der Waals surface area contributed by atoms with Gasteiger partial charge in [0.1, 0.15) is 11.3 Å². The number of allylic oxidation sites excluding steroid dienone is 2. The van der Waals surface area contributed by atoms with Gasteiger partial charge in [-0.05, 0) is 104 Å². The van der Waals surface area contributed by atoms with Gasteiger partial charge in [0.25, 0.3) is 5.91 Å². The number of rotatable bonds is 6. The second kappa shape index (κ2) is 9.87. The van der Waals surface area contributed by atoms with E-state index in [4.69, 9.17) is 4.74 Å². The van der Waals surface area contributed by atoms with Gasteiger partial charge < -0.3 is 19.6 Å². The molecule has 0 bridgehead atoms. The van der Waals surface area contributed by atoms with Crippen LogP contribution in [-0.4, -0.2) is 50.5 Å². The molecule has 46 heavy (non-hydrogen) atoms. The molecule has 9 heteroatoms. The van der Waals surface area contributed by atoms with E-state index in [0.717, 1.165) is 61.1 Å².